The zero-order valence-corrected chi connectivity index (χ0v) is 18.1. The van der Waals surface area contributed by atoms with Crippen molar-refractivity contribution in [3.8, 4) is 0 Å². The summed E-state index contributed by atoms with van der Waals surface area (Å²) in [4.78, 5) is 16.3. The first kappa shape index (κ1) is 22.4. The summed E-state index contributed by atoms with van der Waals surface area (Å²) in [6.07, 6.45) is -0.00922. The number of aromatic nitrogens is 2. The van der Waals surface area contributed by atoms with Crippen LogP contribution in [0.2, 0.25) is 5.02 Å². The van der Waals surface area contributed by atoms with E-state index in [4.69, 9.17) is 11.6 Å². The third-order valence-corrected chi connectivity index (χ3v) is 6.71. The Morgan fingerprint density at radius 3 is 2.56 bits per heavy atom. The highest BCUT2D eigenvalue weighted by molar-refractivity contribution is 7.90. The summed E-state index contributed by atoms with van der Waals surface area (Å²) in [5, 5.41) is 2.16. The van der Waals surface area contributed by atoms with E-state index in [-0.39, 0.29) is 46.8 Å². The molecule has 170 valence electrons. The lowest BCUT2D eigenvalue weighted by molar-refractivity contribution is 0.343. The molecule has 2 heterocycles. The Labute approximate surface area is 185 Å². The highest BCUT2D eigenvalue weighted by Gasteiger charge is 2.32. The number of benzene rings is 2. The van der Waals surface area contributed by atoms with E-state index in [0.29, 0.717) is 0 Å². The molecule has 1 fully saturated rings. The molecule has 0 spiro atoms. The van der Waals surface area contributed by atoms with Crippen molar-refractivity contribution < 1.29 is 21.6 Å². The second-order valence-electron chi connectivity index (χ2n) is 7.27. The van der Waals surface area contributed by atoms with Crippen LogP contribution in [0, 0.1) is 11.6 Å². The van der Waals surface area contributed by atoms with Gasteiger partial charge in [-0.25, -0.2) is 18.2 Å². The van der Waals surface area contributed by atoms with Gasteiger partial charge in [-0.3, -0.25) is 9.52 Å². The summed E-state index contributed by atoms with van der Waals surface area (Å²) in [6, 6.07) is 4.82. The minimum atomic E-state index is -4.23. The van der Waals surface area contributed by atoms with E-state index in [2.05, 4.69) is 15.0 Å². The largest absolute Gasteiger partial charge is 0.351 e. The van der Waals surface area contributed by atoms with Gasteiger partial charge in [-0.15, -0.1) is 0 Å². The molecule has 0 radical (unpaired) electrons. The van der Waals surface area contributed by atoms with Crippen molar-refractivity contribution in [1.29, 1.82) is 0 Å². The maximum Gasteiger partial charge on any atom is 0.301 e. The van der Waals surface area contributed by atoms with Crippen LogP contribution in [0.1, 0.15) is 6.42 Å². The molecule has 32 heavy (non-hydrogen) atoms. The number of hydrogen-bond donors (Lipinski definition) is 2. The number of hydrogen-bond acceptors (Lipinski definition) is 5. The van der Waals surface area contributed by atoms with Gasteiger partial charge >= 0.3 is 10.2 Å². The van der Waals surface area contributed by atoms with E-state index < -0.39 is 39.3 Å². The number of nitrogens with one attached hydrogen (secondary N) is 2. The fourth-order valence-corrected chi connectivity index (χ4v) is 4.84. The van der Waals surface area contributed by atoms with Crippen LogP contribution in [-0.4, -0.2) is 41.5 Å². The second kappa shape index (κ2) is 8.26. The van der Waals surface area contributed by atoms with Crippen molar-refractivity contribution in [2.24, 2.45) is 7.05 Å². The molecule has 1 aliphatic rings. The number of halogens is 4. The maximum atomic E-state index is 15.1. The quantitative estimate of drug-likeness (QED) is 0.575. The van der Waals surface area contributed by atoms with Gasteiger partial charge < -0.3 is 9.88 Å². The molecule has 8 nitrogen and oxygen atoms in total. The fourth-order valence-electron chi connectivity index (χ4n) is 3.36. The molecule has 0 aliphatic carbocycles. The van der Waals surface area contributed by atoms with Crippen LogP contribution in [-0.2, 0) is 17.3 Å². The SMILES string of the molecule is Cn1cnc2ccc(Nc3cc(Cl)cc(NS(=O)(=O)N4CC[C@@H](F)C4)c3F)c(F)c2c1=O. The van der Waals surface area contributed by atoms with Crippen molar-refractivity contribution in [2.45, 2.75) is 12.6 Å². The smallest absolute Gasteiger partial charge is 0.301 e. The molecule has 13 heteroatoms. The van der Waals surface area contributed by atoms with Crippen molar-refractivity contribution in [2.75, 3.05) is 23.1 Å². The van der Waals surface area contributed by atoms with E-state index >= 15 is 8.78 Å². The van der Waals surface area contributed by atoms with Gasteiger partial charge in [0.1, 0.15) is 11.6 Å². The van der Waals surface area contributed by atoms with Crippen molar-refractivity contribution >= 4 is 49.8 Å². The first-order valence-electron chi connectivity index (χ1n) is 9.38. The monoisotopic (exact) mass is 487 g/mol. The lowest BCUT2D eigenvalue weighted by Crippen LogP contribution is -2.34. The average molecular weight is 488 g/mol. The molecular formula is C19H17ClF3N5O3S. The Morgan fingerprint density at radius 2 is 1.88 bits per heavy atom. The number of alkyl halides is 1. The molecule has 4 rings (SSSR count). The fraction of sp³-hybridized carbons (Fsp3) is 0.263. The summed E-state index contributed by atoms with van der Waals surface area (Å²) in [5.74, 6) is -2.02. The molecule has 1 saturated heterocycles. The lowest BCUT2D eigenvalue weighted by Gasteiger charge is -2.19. The Kier molecular flexibility index (Phi) is 5.77. The third-order valence-electron chi connectivity index (χ3n) is 5.00. The van der Waals surface area contributed by atoms with Crippen LogP contribution in [0.25, 0.3) is 10.9 Å². The van der Waals surface area contributed by atoms with Crippen molar-refractivity contribution in [3.05, 3.63) is 57.6 Å². The minimum absolute atomic E-state index is 0.0430. The van der Waals surface area contributed by atoms with Gasteiger partial charge in [-0.2, -0.15) is 12.7 Å². The average Bonchev–Trinajstić information content (AvgIpc) is 3.17. The predicted molar refractivity (Wildman–Crippen MR) is 115 cm³/mol. The lowest BCUT2D eigenvalue weighted by atomic mass is 10.2. The van der Waals surface area contributed by atoms with Crippen molar-refractivity contribution in [1.82, 2.24) is 13.9 Å². The highest BCUT2D eigenvalue weighted by atomic mass is 35.5. The van der Waals surface area contributed by atoms with Crippen LogP contribution in [0.5, 0.6) is 0 Å². The Balaban J connectivity index is 1.70. The first-order valence-corrected chi connectivity index (χ1v) is 11.2. The molecule has 1 aromatic heterocycles. The summed E-state index contributed by atoms with van der Waals surface area (Å²) < 4.78 is 72.4. The number of aryl methyl sites for hydroxylation is 1. The van der Waals surface area contributed by atoms with Crippen LogP contribution in [0.3, 0.4) is 0 Å². The zero-order chi connectivity index (χ0) is 23.2. The van der Waals surface area contributed by atoms with Crippen LogP contribution >= 0.6 is 11.6 Å². The topological polar surface area (TPSA) is 96.3 Å². The van der Waals surface area contributed by atoms with Crippen LogP contribution < -0.4 is 15.6 Å². The maximum absolute atomic E-state index is 15.1. The molecule has 0 unspecified atom stereocenters. The Morgan fingerprint density at radius 1 is 1.16 bits per heavy atom. The number of anilines is 3. The van der Waals surface area contributed by atoms with Crippen LogP contribution in [0.15, 0.2) is 35.4 Å². The van der Waals surface area contributed by atoms with E-state index in [1.54, 1.807) is 0 Å². The van der Waals surface area contributed by atoms with E-state index in [1.807, 2.05) is 0 Å². The molecule has 2 N–H and O–H groups in total. The molecule has 2 aromatic carbocycles. The standard InChI is InChI=1S/C19H17ClF3N5O3S/c1-27-9-24-12-2-3-13(18(23)16(12)19(27)29)25-14-6-10(20)7-15(17(14)22)26-32(30,31)28-5-4-11(21)8-28/h2-3,6-7,9,11,25-26H,4-5,8H2,1H3/t11-/m1/s1. The predicted octanol–water partition coefficient (Wildman–Crippen LogP) is 3.31. The molecular weight excluding hydrogens is 471 g/mol. The molecule has 0 amide bonds. The highest BCUT2D eigenvalue weighted by Crippen LogP contribution is 2.33. The first-order chi connectivity index (χ1) is 15.1. The van der Waals surface area contributed by atoms with Gasteiger partial charge in [0.15, 0.2) is 11.6 Å². The Hall–Kier alpha value is -2.83. The summed E-state index contributed by atoms with van der Waals surface area (Å²) in [6.45, 7) is -0.386. The summed E-state index contributed by atoms with van der Waals surface area (Å²) in [5.41, 5.74) is -1.58. The van der Waals surface area contributed by atoms with E-state index in [1.165, 1.54) is 25.5 Å². The Bertz CT molecular complexity index is 1380. The molecule has 0 bridgehead atoms. The van der Waals surface area contributed by atoms with Gasteiger partial charge in [-0.05, 0) is 30.7 Å². The van der Waals surface area contributed by atoms with E-state index in [9.17, 15) is 17.6 Å². The summed E-state index contributed by atoms with van der Waals surface area (Å²) >= 11 is 6.01. The van der Waals surface area contributed by atoms with Crippen molar-refractivity contribution in [3.63, 3.8) is 0 Å². The molecule has 3 aromatic rings. The second-order valence-corrected chi connectivity index (χ2v) is 9.38. The van der Waals surface area contributed by atoms with Gasteiger partial charge in [0, 0.05) is 25.2 Å². The third kappa shape index (κ3) is 4.12. The number of fused-ring (bicyclic) bond motifs is 1. The van der Waals surface area contributed by atoms with Gasteiger partial charge in [-0.1, -0.05) is 11.6 Å². The van der Waals surface area contributed by atoms with Crippen LogP contribution in [0.4, 0.5) is 30.2 Å². The van der Waals surface area contributed by atoms with Gasteiger partial charge in [0.05, 0.1) is 28.9 Å². The van der Waals surface area contributed by atoms with E-state index in [0.717, 1.165) is 21.0 Å². The molecule has 1 atom stereocenters. The number of rotatable bonds is 5. The normalized spacial score (nSPS) is 17.1. The van der Waals surface area contributed by atoms with Gasteiger partial charge in [0.25, 0.3) is 5.56 Å². The van der Waals surface area contributed by atoms with Gasteiger partial charge in [0.2, 0.25) is 0 Å². The number of nitrogens with zero attached hydrogens (tertiary/aromatic N) is 3. The molecule has 0 saturated carbocycles. The molecule has 1 aliphatic heterocycles. The minimum Gasteiger partial charge on any atom is -0.351 e. The zero-order valence-electron chi connectivity index (χ0n) is 16.6. The summed E-state index contributed by atoms with van der Waals surface area (Å²) in [7, 11) is -2.82.